The molecule has 0 bridgehead atoms. The van der Waals surface area contributed by atoms with Gasteiger partial charge in [0.2, 0.25) is 5.91 Å². The van der Waals surface area contributed by atoms with Crippen molar-refractivity contribution < 1.29 is 4.79 Å². The van der Waals surface area contributed by atoms with Crippen LogP contribution in [-0.4, -0.2) is 29.9 Å². The minimum Gasteiger partial charge on any atom is -0.337 e. The van der Waals surface area contributed by atoms with E-state index in [1.165, 1.54) is 11.1 Å². The second kappa shape index (κ2) is 8.01. The summed E-state index contributed by atoms with van der Waals surface area (Å²) in [5.41, 5.74) is 2.11. The Balaban J connectivity index is 1.64. The first-order chi connectivity index (χ1) is 12.1. The molecule has 0 saturated heterocycles. The fraction of sp³-hybridized carbons (Fsp3) is 0.619. The molecular weight excluding hydrogens is 310 g/mol. The van der Waals surface area contributed by atoms with Gasteiger partial charge < -0.3 is 5.32 Å². The number of amides is 1. The maximum absolute atomic E-state index is 12.6. The number of nitrogens with one attached hydrogen (secondary N) is 1. The number of hydrogen-bond acceptors (Lipinski definition) is 3. The van der Waals surface area contributed by atoms with Crippen LogP contribution in [0, 0.1) is 11.3 Å². The van der Waals surface area contributed by atoms with Gasteiger partial charge in [-0.2, -0.15) is 5.26 Å². The number of aryl methyl sites for hydroxylation is 1. The average Bonchev–Trinajstić information content (AvgIpc) is 2.87. The summed E-state index contributed by atoms with van der Waals surface area (Å²) in [6, 6.07) is 11.3. The number of likely N-dealkylation sites (N-methyl/N-ethyl adjacent to an activating group) is 1. The van der Waals surface area contributed by atoms with Crippen molar-refractivity contribution in [1.82, 2.24) is 10.2 Å². The predicted molar refractivity (Wildman–Crippen MR) is 98.9 cm³/mol. The molecule has 0 spiro atoms. The highest BCUT2D eigenvalue weighted by Crippen LogP contribution is 2.33. The minimum absolute atomic E-state index is 0.0194. The van der Waals surface area contributed by atoms with E-state index in [-0.39, 0.29) is 5.91 Å². The number of rotatable bonds is 4. The first kappa shape index (κ1) is 17.9. The Morgan fingerprint density at radius 2 is 1.96 bits per heavy atom. The summed E-state index contributed by atoms with van der Waals surface area (Å²) in [6.45, 7) is 0.350. The monoisotopic (exact) mass is 339 g/mol. The molecule has 1 amide bonds. The summed E-state index contributed by atoms with van der Waals surface area (Å²) in [5, 5.41) is 12.7. The van der Waals surface area contributed by atoms with Crippen LogP contribution in [0.5, 0.6) is 0 Å². The minimum atomic E-state index is -0.654. The van der Waals surface area contributed by atoms with Gasteiger partial charge in [0.25, 0.3) is 0 Å². The van der Waals surface area contributed by atoms with E-state index < -0.39 is 5.54 Å². The highest BCUT2D eigenvalue weighted by atomic mass is 16.2. The van der Waals surface area contributed by atoms with Crippen LogP contribution < -0.4 is 5.32 Å². The molecule has 4 heteroatoms. The molecule has 1 N–H and O–H groups in total. The molecule has 0 unspecified atom stereocenters. The second-order valence-corrected chi connectivity index (χ2v) is 7.68. The molecule has 25 heavy (non-hydrogen) atoms. The Hall–Kier alpha value is -1.86. The van der Waals surface area contributed by atoms with Crippen molar-refractivity contribution in [2.24, 2.45) is 0 Å². The molecule has 2 aliphatic rings. The lowest BCUT2D eigenvalue weighted by Gasteiger charge is -2.34. The first-order valence-corrected chi connectivity index (χ1v) is 9.64. The van der Waals surface area contributed by atoms with Gasteiger partial charge >= 0.3 is 0 Å². The second-order valence-electron chi connectivity index (χ2n) is 7.68. The van der Waals surface area contributed by atoms with Gasteiger partial charge in [0, 0.05) is 6.04 Å². The lowest BCUT2D eigenvalue weighted by atomic mass is 9.87. The summed E-state index contributed by atoms with van der Waals surface area (Å²) in [6.07, 6.45) is 9.33. The predicted octanol–water partition coefficient (Wildman–Crippen LogP) is 3.73. The van der Waals surface area contributed by atoms with Gasteiger partial charge in [0.05, 0.1) is 12.6 Å². The largest absolute Gasteiger partial charge is 0.337 e. The van der Waals surface area contributed by atoms with Crippen LogP contribution in [0.3, 0.4) is 0 Å². The molecule has 4 nitrogen and oxygen atoms in total. The topological polar surface area (TPSA) is 56.1 Å². The third-order valence-corrected chi connectivity index (χ3v) is 5.81. The fourth-order valence-electron chi connectivity index (χ4n) is 4.43. The number of carbonyl (C=O) groups is 1. The van der Waals surface area contributed by atoms with E-state index in [1.54, 1.807) is 0 Å². The Morgan fingerprint density at radius 1 is 1.24 bits per heavy atom. The van der Waals surface area contributed by atoms with Crippen molar-refractivity contribution in [2.45, 2.75) is 69.4 Å². The molecule has 0 heterocycles. The third-order valence-electron chi connectivity index (χ3n) is 5.81. The zero-order chi connectivity index (χ0) is 17.7. The van der Waals surface area contributed by atoms with Crippen molar-refractivity contribution in [3.05, 3.63) is 35.4 Å². The molecule has 1 saturated carbocycles. The molecule has 0 aromatic heterocycles. The van der Waals surface area contributed by atoms with Crippen molar-refractivity contribution in [2.75, 3.05) is 13.6 Å². The zero-order valence-corrected chi connectivity index (χ0v) is 15.3. The maximum atomic E-state index is 12.6. The van der Waals surface area contributed by atoms with Gasteiger partial charge in [-0.05, 0) is 50.3 Å². The Labute approximate surface area is 151 Å². The lowest BCUT2D eigenvalue weighted by molar-refractivity contribution is -0.124. The third kappa shape index (κ3) is 4.22. The van der Waals surface area contributed by atoms with Crippen LogP contribution in [0.4, 0.5) is 0 Å². The SMILES string of the molecule is CN(CC(=O)NC1(C#N)CCCCCC1)[C@@H]1CCCc2ccccc21. The van der Waals surface area contributed by atoms with Crippen LogP contribution in [0.15, 0.2) is 24.3 Å². The Bertz CT molecular complexity index is 641. The first-order valence-electron chi connectivity index (χ1n) is 9.64. The lowest BCUT2D eigenvalue weighted by Crippen LogP contribution is -2.50. The zero-order valence-electron chi connectivity index (χ0n) is 15.3. The molecule has 0 radical (unpaired) electrons. The van der Waals surface area contributed by atoms with Gasteiger partial charge in [-0.1, -0.05) is 49.9 Å². The van der Waals surface area contributed by atoms with E-state index in [9.17, 15) is 10.1 Å². The summed E-state index contributed by atoms with van der Waals surface area (Å²) in [4.78, 5) is 14.8. The smallest absolute Gasteiger partial charge is 0.235 e. The molecule has 2 aliphatic carbocycles. The van der Waals surface area contributed by atoms with Gasteiger partial charge in [0.15, 0.2) is 0 Å². The van der Waals surface area contributed by atoms with Crippen LogP contribution in [0.1, 0.15) is 68.5 Å². The average molecular weight is 339 g/mol. The molecule has 0 aliphatic heterocycles. The van der Waals surface area contributed by atoms with Crippen LogP contribution in [0.25, 0.3) is 0 Å². The van der Waals surface area contributed by atoms with Gasteiger partial charge in [0.1, 0.15) is 5.54 Å². The van der Waals surface area contributed by atoms with Crippen LogP contribution in [0.2, 0.25) is 0 Å². The number of nitriles is 1. The summed E-state index contributed by atoms with van der Waals surface area (Å²) >= 11 is 0. The summed E-state index contributed by atoms with van der Waals surface area (Å²) in [7, 11) is 2.03. The van der Waals surface area contributed by atoms with Gasteiger partial charge in [-0.3, -0.25) is 9.69 Å². The van der Waals surface area contributed by atoms with Crippen molar-refractivity contribution in [3.63, 3.8) is 0 Å². The number of fused-ring (bicyclic) bond motifs is 1. The fourth-order valence-corrected chi connectivity index (χ4v) is 4.43. The van der Waals surface area contributed by atoms with E-state index in [2.05, 4.69) is 40.6 Å². The molecule has 134 valence electrons. The Kier molecular flexibility index (Phi) is 5.75. The quantitative estimate of drug-likeness (QED) is 0.851. The highest BCUT2D eigenvalue weighted by Gasteiger charge is 2.33. The Morgan fingerprint density at radius 3 is 2.68 bits per heavy atom. The van der Waals surface area contributed by atoms with E-state index in [1.807, 2.05) is 7.05 Å². The normalized spacial score (nSPS) is 22.5. The van der Waals surface area contributed by atoms with Gasteiger partial charge in [-0.25, -0.2) is 0 Å². The molecule has 1 atom stereocenters. The summed E-state index contributed by atoms with van der Waals surface area (Å²) in [5.74, 6) is -0.0194. The molecule has 3 rings (SSSR count). The van der Waals surface area contributed by atoms with E-state index in [0.717, 1.165) is 57.8 Å². The van der Waals surface area contributed by atoms with Crippen molar-refractivity contribution in [1.29, 1.82) is 5.26 Å². The number of carbonyl (C=O) groups excluding carboxylic acids is 1. The molecule has 1 aromatic carbocycles. The van der Waals surface area contributed by atoms with E-state index >= 15 is 0 Å². The standard InChI is InChI=1S/C21H29N3O/c1-24(19-12-8-10-17-9-4-5-11-18(17)19)15-20(25)23-21(16-22)13-6-2-3-7-14-21/h4-5,9,11,19H,2-3,6-8,10,12-15H2,1H3,(H,23,25)/t19-/m1/s1. The summed E-state index contributed by atoms with van der Waals surface area (Å²) < 4.78 is 0. The van der Waals surface area contributed by atoms with E-state index in [0.29, 0.717) is 12.6 Å². The van der Waals surface area contributed by atoms with Crippen molar-refractivity contribution in [3.8, 4) is 6.07 Å². The van der Waals surface area contributed by atoms with E-state index in [4.69, 9.17) is 0 Å². The molecule has 1 fully saturated rings. The molecule has 1 aromatic rings. The van der Waals surface area contributed by atoms with Gasteiger partial charge in [-0.15, -0.1) is 0 Å². The number of benzene rings is 1. The highest BCUT2D eigenvalue weighted by molar-refractivity contribution is 5.79. The maximum Gasteiger partial charge on any atom is 0.235 e. The molecular formula is C21H29N3O. The van der Waals surface area contributed by atoms with Crippen LogP contribution >= 0.6 is 0 Å². The number of nitrogens with zero attached hydrogens (tertiary/aromatic N) is 2. The van der Waals surface area contributed by atoms with Crippen molar-refractivity contribution >= 4 is 5.91 Å². The van der Waals surface area contributed by atoms with Crippen LogP contribution in [-0.2, 0) is 11.2 Å². The number of hydrogen-bond donors (Lipinski definition) is 1.